The second kappa shape index (κ2) is 10.1. The monoisotopic (exact) mass is 444 g/mol. The number of methoxy groups -OCH3 is 1. The van der Waals surface area contributed by atoms with Gasteiger partial charge in [0.15, 0.2) is 0 Å². The fraction of sp³-hybridized carbons (Fsp3) is 0.185. The molecule has 5 nitrogen and oxygen atoms in total. The summed E-state index contributed by atoms with van der Waals surface area (Å²) in [6.07, 6.45) is 3.85. The van der Waals surface area contributed by atoms with Gasteiger partial charge in [-0.1, -0.05) is 54.6 Å². The van der Waals surface area contributed by atoms with E-state index < -0.39 is 0 Å². The zero-order chi connectivity index (χ0) is 23.2. The van der Waals surface area contributed by atoms with Crippen LogP contribution in [0.3, 0.4) is 0 Å². The van der Waals surface area contributed by atoms with Crippen molar-refractivity contribution in [2.45, 2.75) is 12.6 Å². The van der Waals surface area contributed by atoms with Crippen molar-refractivity contribution in [2.24, 2.45) is 0 Å². The first-order valence-electron chi connectivity index (χ1n) is 10.7. The minimum Gasteiger partial charge on any atom is -0.497 e. The van der Waals surface area contributed by atoms with E-state index in [1.165, 1.54) is 17.0 Å². The second-order valence-electron chi connectivity index (χ2n) is 7.85. The molecule has 1 heterocycles. The summed E-state index contributed by atoms with van der Waals surface area (Å²) < 4.78 is 18.7. The largest absolute Gasteiger partial charge is 0.497 e. The van der Waals surface area contributed by atoms with E-state index in [4.69, 9.17) is 4.74 Å². The Bertz CT molecular complexity index is 1130. The van der Waals surface area contributed by atoms with Crippen molar-refractivity contribution in [3.63, 3.8) is 0 Å². The van der Waals surface area contributed by atoms with Gasteiger partial charge in [0.25, 0.3) is 5.91 Å². The molecule has 1 atom stereocenters. The number of rotatable bonds is 5. The van der Waals surface area contributed by atoms with Crippen LogP contribution >= 0.6 is 0 Å². The second-order valence-corrected chi connectivity index (χ2v) is 7.85. The number of benzene rings is 3. The molecule has 6 heteroatoms. The van der Waals surface area contributed by atoms with Gasteiger partial charge in [0.1, 0.15) is 18.1 Å². The molecule has 1 aliphatic heterocycles. The summed E-state index contributed by atoms with van der Waals surface area (Å²) in [6.45, 7) is 0.565. The van der Waals surface area contributed by atoms with Gasteiger partial charge in [0, 0.05) is 18.7 Å². The molecule has 3 aromatic rings. The number of hydrogen-bond acceptors (Lipinski definition) is 3. The van der Waals surface area contributed by atoms with Crippen LogP contribution in [0.5, 0.6) is 5.75 Å². The van der Waals surface area contributed by atoms with E-state index in [1.807, 2.05) is 42.5 Å². The maximum Gasteiger partial charge on any atom is 0.254 e. The summed E-state index contributed by atoms with van der Waals surface area (Å²) >= 11 is 0. The Kier molecular flexibility index (Phi) is 6.83. The topological polar surface area (TPSA) is 49.9 Å². The Labute approximate surface area is 192 Å². The van der Waals surface area contributed by atoms with Crippen molar-refractivity contribution in [3.8, 4) is 5.75 Å². The van der Waals surface area contributed by atoms with E-state index >= 15 is 0 Å². The first-order valence-corrected chi connectivity index (χ1v) is 10.7. The van der Waals surface area contributed by atoms with Crippen LogP contribution in [0.4, 0.5) is 4.39 Å². The average molecular weight is 445 g/mol. The van der Waals surface area contributed by atoms with Gasteiger partial charge in [-0.15, -0.1) is 0 Å². The molecular weight excluding hydrogens is 419 g/mol. The third kappa shape index (κ3) is 5.29. The van der Waals surface area contributed by atoms with Gasteiger partial charge < -0.3 is 14.5 Å². The van der Waals surface area contributed by atoms with Gasteiger partial charge in [-0.05, 0) is 47.5 Å². The predicted molar refractivity (Wildman–Crippen MR) is 124 cm³/mol. The first-order chi connectivity index (χ1) is 16.0. The fourth-order valence-corrected chi connectivity index (χ4v) is 3.88. The average Bonchev–Trinajstić information content (AvgIpc) is 2.85. The Morgan fingerprint density at radius 1 is 1.00 bits per heavy atom. The number of hydrogen-bond donors (Lipinski definition) is 0. The molecule has 0 aliphatic carbocycles. The van der Waals surface area contributed by atoms with Crippen LogP contribution < -0.4 is 4.74 Å². The lowest BCUT2D eigenvalue weighted by Gasteiger charge is -2.34. The van der Waals surface area contributed by atoms with Crippen LogP contribution in [0, 0.1) is 5.82 Å². The van der Waals surface area contributed by atoms with Gasteiger partial charge in [-0.3, -0.25) is 9.59 Å². The summed E-state index contributed by atoms with van der Waals surface area (Å²) in [5, 5.41) is 0. The van der Waals surface area contributed by atoms with Crippen molar-refractivity contribution >= 4 is 11.8 Å². The van der Waals surface area contributed by atoms with Crippen LogP contribution in [0.25, 0.3) is 0 Å². The molecule has 0 unspecified atom stereocenters. The number of carbonyl (C=O) groups excluding carboxylic acids is 2. The molecule has 0 bridgehead atoms. The van der Waals surface area contributed by atoms with Crippen LogP contribution in [-0.4, -0.2) is 41.8 Å². The van der Waals surface area contributed by atoms with Crippen molar-refractivity contribution in [3.05, 3.63) is 114 Å². The quantitative estimate of drug-likeness (QED) is 0.540. The van der Waals surface area contributed by atoms with Gasteiger partial charge in [-0.2, -0.15) is 0 Å². The van der Waals surface area contributed by atoms with Gasteiger partial charge in [-0.25, -0.2) is 4.39 Å². The first kappa shape index (κ1) is 22.3. The van der Waals surface area contributed by atoms with E-state index in [-0.39, 0.29) is 36.8 Å². The number of halogens is 1. The van der Waals surface area contributed by atoms with Crippen LogP contribution in [-0.2, 0) is 11.3 Å². The standard InChI is InChI=1S/C27H25FN2O3/c1-33-24-15-11-21(12-16-24)25-8-5-17-29(27(32)22-6-3-2-4-7-22)19-26(31)30(25)18-20-9-13-23(28)14-10-20/h2-16,25H,17-19H2,1H3/b8-5-/t25-/m1/s1. The molecule has 0 saturated carbocycles. The molecule has 0 fully saturated rings. The molecule has 0 spiro atoms. The van der Waals surface area contributed by atoms with Crippen molar-refractivity contribution in [1.82, 2.24) is 9.80 Å². The van der Waals surface area contributed by atoms with Crippen LogP contribution in [0.15, 0.2) is 91.0 Å². The molecule has 0 N–H and O–H groups in total. The third-order valence-electron chi connectivity index (χ3n) is 5.66. The summed E-state index contributed by atoms with van der Waals surface area (Å²) in [4.78, 5) is 29.7. The number of carbonyl (C=O) groups is 2. The van der Waals surface area contributed by atoms with Crippen LogP contribution in [0.1, 0.15) is 27.5 Å². The van der Waals surface area contributed by atoms with Crippen LogP contribution in [0.2, 0.25) is 0 Å². The normalized spacial score (nSPS) is 17.3. The Balaban J connectivity index is 1.66. The number of ether oxygens (including phenoxy) is 1. The van der Waals surface area contributed by atoms with E-state index in [0.717, 1.165) is 16.9 Å². The Morgan fingerprint density at radius 2 is 1.70 bits per heavy atom. The molecular formula is C27H25FN2O3. The highest BCUT2D eigenvalue weighted by Gasteiger charge is 2.29. The molecule has 3 aromatic carbocycles. The fourth-order valence-electron chi connectivity index (χ4n) is 3.88. The van der Waals surface area contributed by atoms with Crippen molar-refractivity contribution in [2.75, 3.05) is 20.2 Å². The van der Waals surface area contributed by atoms with E-state index in [0.29, 0.717) is 12.1 Å². The highest BCUT2D eigenvalue weighted by Crippen LogP contribution is 2.28. The summed E-state index contributed by atoms with van der Waals surface area (Å²) in [7, 11) is 1.60. The minimum absolute atomic E-state index is 0.0497. The number of amides is 2. The lowest BCUT2D eigenvalue weighted by atomic mass is 10.0. The molecule has 1 aliphatic rings. The highest BCUT2D eigenvalue weighted by atomic mass is 19.1. The predicted octanol–water partition coefficient (Wildman–Crippen LogP) is 4.62. The number of nitrogens with zero attached hydrogens (tertiary/aromatic N) is 2. The van der Waals surface area contributed by atoms with Gasteiger partial charge >= 0.3 is 0 Å². The van der Waals surface area contributed by atoms with E-state index in [1.54, 1.807) is 48.4 Å². The Morgan fingerprint density at radius 3 is 2.36 bits per heavy atom. The Hall–Kier alpha value is -3.93. The lowest BCUT2D eigenvalue weighted by Crippen LogP contribution is -2.45. The SMILES string of the molecule is COc1ccc([C@H]2/C=C\CN(C(=O)c3ccccc3)CC(=O)N2Cc2ccc(F)cc2)cc1. The van der Waals surface area contributed by atoms with Gasteiger partial charge in [0.2, 0.25) is 5.91 Å². The summed E-state index contributed by atoms with van der Waals surface area (Å²) in [5.41, 5.74) is 2.26. The minimum atomic E-state index is -0.331. The maximum atomic E-state index is 13.5. The summed E-state index contributed by atoms with van der Waals surface area (Å²) in [5.74, 6) is 0.0144. The van der Waals surface area contributed by atoms with E-state index in [9.17, 15) is 14.0 Å². The maximum absolute atomic E-state index is 13.5. The molecule has 0 radical (unpaired) electrons. The zero-order valence-electron chi connectivity index (χ0n) is 18.4. The van der Waals surface area contributed by atoms with Crippen molar-refractivity contribution < 1.29 is 18.7 Å². The molecule has 168 valence electrons. The highest BCUT2D eigenvalue weighted by molar-refractivity contribution is 5.96. The molecule has 0 saturated heterocycles. The third-order valence-corrected chi connectivity index (χ3v) is 5.66. The molecule has 0 aromatic heterocycles. The smallest absolute Gasteiger partial charge is 0.254 e. The lowest BCUT2D eigenvalue weighted by molar-refractivity contribution is -0.134. The van der Waals surface area contributed by atoms with E-state index in [2.05, 4.69) is 0 Å². The molecule has 4 rings (SSSR count). The van der Waals surface area contributed by atoms with Crippen molar-refractivity contribution in [1.29, 1.82) is 0 Å². The molecule has 2 amide bonds. The molecule has 33 heavy (non-hydrogen) atoms. The van der Waals surface area contributed by atoms with Gasteiger partial charge in [0.05, 0.1) is 13.2 Å². The summed E-state index contributed by atoms with van der Waals surface area (Å²) in [6, 6.07) is 22.3. The zero-order valence-corrected chi connectivity index (χ0v) is 18.4.